The fraction of sp³-hybridized carbons (Fsp3) is 0.0625. The van der Waals surface area contributed by atoms with E-state index in [-0.39, 0.29) is 16.9 Å². The number of hydrogen-bond donors (Lipinski definition) is 0. The van der Waals surface area contributed by atoms with Crippen LogP contribution in [0.5, 0.6) is 0 Å². The molecule has 5 heteroatoms. The van der Waals surface area contributed by atoms with E-state index in [1.54, 1.807) is 18.2 Å². The highest BCUT2D eigenvalue weighted by Crippen LogP contribution is 2.26. The molecule has 106 valence electrons. The third kappa shape index (κ3) is 2.49. The van der Waals surface area contributed by atoms with E-state index < -0.39 is 17.4 Å². The second-order valence-electron chi connectivity index (χ2n) is 4.70. The molecule has 1 heterocycles. The smallest absolute Gasteiger partial charge is 0.231 e. The van der Waals surface area contributed by atoms with E-state index in [4.69, 9.17) is 4.42 Å². The quantitative estimate of drug-likeness (QED) is 0.608. The molecule has 2 nitrogen and oxygen atoms in total. The lowest BCUT2D eigenvalue weighted by atomic mass is 10.1. The van der Waals surface area contributed by atoms with Crippen molar-refractivity contribution in [2.24, 2.45) is 0 Å². The highest BCUT2D eigenvalue weighted by molar-refractivity contribution is 9.10. The Hall–Kier alpha value is -2.01. The van der Waals surface area contributed by atoms with Gasteiger partial charge in [-0.05, 0) is 48.9 Å². The molecule has 0 fully saturated rings. The number of ketones is 1. The van der Waals surface area contributed by atoms with Gasteiger partial charge in [0.05, 0.1) is 5.56 Å². The zero-order chi connectivity index (χ0) is 15.1. The maximum Gasteiger partial charge on any atom is 0.231 e. The van der Waals surface area contributed by atoms with Gasteiger partial charge in [-0.2, -0.15) is 0 Å². The summed E-state index contributed by atoms with van der Waals surface area (Å²) in [6, 6.07) is 8.66. The van der Waals surface area contributed by atoms with Gasteiger partial charge in [0.25, 0.3) is 0 Å². The Bertz CT molecular complexity index is 868. The van der Waals surface area contributed by atoms with Crippen molar-refractivity contribution in [2.75, 3.05) is 0 Å². The van der Waals surface area contributed by atoms with Gasteiger partial charge in [-0.1, -0.05) is 15.9 Å². The molecule has 0 atom stereocenters. The SMILES string of the molecule is Cc1cc(F)c(C(=O)c2cc3cc(Br)ccc3o2)cc1F. The Morgan fingerprint density at radius 2 is 1.86 bits per heavy atom. The predicted molar refractivity (Wildman–Crippen MR) is 78.4 cm³/mol. The van der Waals surface area contributed by atoms with E-state index in [1.807, 2.05) is 0 Å². The Kier molecular flexibility index (Phi) is 3.37. The monoisotopic (exact) mass is 350 g/mol. The van der Waals surface area contributed by atoms with Crippen molar-refractivity contribution in [3.05, 3.63) is 69.4 Å². The maximum atomic E-state index is 13.8. The molecule has 0 amide bonds. The van der Waals surface area contributed by atoms with Crippen molar-refractivity contribution >= 4 is 32.7 Å². The summed E-state index contributed by atoms with van der Waals surface area (Å²) in [6.45, 7) is 1.44. The van der Waals surface area contributed by atoms with Crippen LogP contribution in [0.25, 0.3) is 11.0 Å². The van der Waals surface area contributed by atoms with E-state index in [2.05, 4.69) is 15.9 Å². The zero-order valence-corrected chi connectivity index (χ0v) is 12.5. The lowest BCUT2D eigenvalue weighted by Crippen LogP contribution is -2.04. The summed E-state index contributed by atoms with van der Waals surface area (Å²) in [5.41, 5.74) is 0.323. The van der Waals surface area contributed by atoms with Crippen LogP contribution < -0.4 is 0 Å². The van der Waals surface area contributed by atoms with Crippen molar-refractivity contribution in [1.82, 2.24) is 0 Å². The van der Waals surface area contributed by atoms with E-state index in [1.165, 1.54) is 13.0 Å². The van der Waals surface area contributed by atoms with Crippen LogP contribution in [-0.4, -0.2) is 5.78 Å². The molecular formula is C16H9BrF2O2. The molecular weight excluding hydrogens is 342 g/mol. The van der Waals surface area contributed by atoms with E-state index in [0.717, 1.165) is 16.6 Å². The molecule has 3 rings (SSSR count). The average molecular weight is 351 g/mol. The summed E-state index contributed by atoms with van der Waals surface area (Å²) in [5, 5.41) is 0.709. The Morgan fingerprint density at radius 1 is 1.10 bits per heavy atom. The zero-order valence-electron chi connectivity index (χ0n) is 10.9. The van der Waals surface area contributed by atoms with E-state index in [0.29, 0.717) is 11.0 Å². The predicted octanol–water partition coefficient (Wildman–Crippen LogP) is 5.01. The number of carbonyl (C=O) groups excluding carboxylic acids is 1. The molecule has 3 aromatic rings. The molecule has 0 aliphatic rings. The highest BCUT2D eigenvalue weighted by Gasteiger charge is 2.20. The maximum absolute atomic E-state index is 13.8. The molecule has 2 aromatic carbocycles. The minimum absolute atomic E-state index is 0.0229. The Labute approximate surface area is 127 Å². The largest absolute Gasteiger partial charge is 0.453 e. The lowest BCUT2D eigenvalue weighted by molar-refractivity contribution is 0.101. The first-order valence-corrected chi connectivity index (χ1v) is 6.94. The van der Waals surface area contributed by atoms with E-state index >= 15 is 0 Å². The van der Waals surface area contributed by atoms with Crippen LogP contribution in [0.3, 0.4) is 0 Å². The highest BCUT2D eigenvalue weighted by atomic mass is 79.9. The van der Waals surface area contributed by atoms with Gasteiger partial charge < -0.3 is 4.42 Å². The van der Waals surface area contributed by atoms with Crippen molar-refractivity contribution in [3.8, 4) is 0 Å². The average Bonchev–Trinajstić information content (AvgIpc) is 2.85. The van der Waals surface area contributed by atoms with Gasteiger partial charge in [-0.3, -0.25) is 4.79 Å². The van der Waals surface area contributed by atoms with Gasteiger partial charge in [0, 0.05) is 9.86 Å². The van der Waals surface area contributed by atoms with Crippen LogP contribution >= 0.6 is 15.9 Å². The standard InChI is InChI=1S/C16H9BrF2O2/c1-8-4-13(19)11(7-12(8)18)16(20)15-6-9-5-10(17)2-3-14(9)21-15/h2-7H,1H3. The minimum atomic E-state index is -0.763. The number of furan rings is 1. The molecule has 0 N–H and O–H groups in total. The van der Waals surface area contributed by atoms with Crippen LogP contribution in [0, 0.1) is 18.6 Å². The number of aryl methyl sites for hydroxylation is 1. The molecule has 0 saturated carbocycles. The van der Waals surface area contributed by atoms with Crippen LogP contribution in [-0.2, 0) is 0 Å². The Morgan fingerprint density at radius 3 is 2.62 bits per heavy atom. The molecule has 0 spiro atoms. The summed E-state index contributed by atoms with van der Waals surface area (Å²) in [6.07, 6.45) is 0. The molecule has 0 saturated heterocycles. The topological polar surface area (TPSA) is 30.2 Å². The number of halogens is 3. The summed E-state index contributed by atoms with van der Waals surface area (Å²) in [4.78, 5) is 12.3. The first-order valence-electron chi connectivity index (χ1n) is 6.15. The lowest BCUT2D eigenvalue weighted by Gasteiger charge is -2.02. The van der Waals surface area contributed by atoms with Gasteiger partial charge in [0.1, 0.15) is 17.2 Å². The molecule has 1 aromatic heterocycles. The van der Waals surface area contributed by atoms with Crippen molar-refractivity contribution in [1.29, 1.82) is 0 Å². The fourth-order valence-electron chi connectivity index (χ4n) is 2.08. The molecule has 0 unspecified atom stereocenters. The number of rotatable bonds is 2. The summed E-state index contributed by atoms with van der Waals surface area (Å²) >= 11 is 3.32. The first-order chi connectivity index (χ1) is 9.95. The molecule has 0 aliphatic carbocycles. The van der Waals surface area contributed by atoms with Crippen LogP contribution in [0.2, 0.25) is 0 Å². The van der Waals surface area contributed by atoms with E-state index in [9.17, 15) is 13.6 Å². The van der Waals surface area contributed by atoms with Crippen LogP contribution in [0.1, 0.15) is 21.7 Å². The summed E-state index contributed by atoms with van der Waals surface area (Å²) < 4.78 is 33.6. The third-order valence-electron chi connectivity index (χ3n) is 3.20. The number of fused-ring (bicyclic) bond motifs is 1. The minimum Gasteiger partial charge on any atom is -0.453 e. The van der Waals surface area contributed by atoms with Gasteiger partial charge in [0.15, 0.2) is 5.76 Å². The second kappa shape index (κ2) is 5.07. The normalized spacial score (nSPS) is 11.0. The molecule has 21 heavy (non-hydrogen) atoms. The van der Waals surface area contributed by atoms with Crippen molar-refractivity contribution in [2.45, 2.75) is 6.92 Å². The van der Waals surface area contributed by atoms with Crippen molar-refractivity contribution in [3.63, 3.8) is 0 Å². The number of hydrogen-bond acceptors (Lipinski definition) is 2. The molecule has 0 bridgehead atoms. The Balaban J connectivity index is 2.10. The fourth-order valence-corrected chi connectivity index (χ4v) is 2.46. The van der Waals surface area contributed by atoms with Gasteiger partial charge in [-0.15, -0.1) is 0 Å². The second-order valence-corrected chi connectivity index (χ2v) is 5.62. The summed E-state index contributed by atoms with van der Waals surface area (Å²) in [5.74, 6) is -2.09. The third-order valence-corrected chi connectivity index (χ3v) is 3.69. The molecule has 0 aliphatic heterocycles. The van der Waals surface area contributed by atoms with Gasteiger partial charge in [-0.25, -0.2) is 8.78 Å². The number of carbonyl (C=O) groups is 1. The first kappa shape index (κ1) is 13.9. The van der Waals surface area contributed by atoms with Crippen molar-refractivity contribution < 1.29 is 18.0 Å². The molecule has 0 radical (unpaired) electrons. The summed E-state index contributed by atoms with van der Waals surface area (Å²) in [7, 11) is 0. The number of benzene rings is 2. The van der Waals surface area contributed by atoms with Crippen LogP contribution in [0.4, 0.5) is 8.78 Å². The van der Waals surface area contributed by atoms with Gasteiger partial charge in [0.2, 0.25) is 5.78 Å². The van der Waals surface area contributed by atoms with Crippen LogP contribution in [0.15, 0.2) is 45.3 Å². The van der Waals surface area contributed by atoms with Gasteiger partial charge >= 0.3 is 0 Å².